The number of alkyl carbamates (subject to hydrolysis) is 1. The Labute approximate surface area is 121 Å². The van der Waals surface area contributed by atoms with Crippen molar-refractivity contribution in [2.24, 2.45) is 0 Å². The van der Waals surface area contributed by atoms with Gasteiger partial charge in [-0.25, -0.2) is 4.79 Å². The second-order valence-electron chi connectivity index (χ2n) is 4.39. The lowest BCUT2D eigenvalue weighted by Gasteiger charge is -2.21. The van der Waals surface area contributed by atoms with Crippen molar-refractivity contribution in [3.8, 4) is 0 Å². The lowest BCUT2D eigenvalue weighted by molar-refractivity contribution is 0.167. The van der Waals surface area contributed by atoms with Gasteiger partial charge in [0.2, 0.25) is 0 Å². The fraction of sp³-hybridized carbons (Fsp3) is 0.417. The number of nitrogens with zero attached hydrogens (tertiary/aromatic N) is 1. The first-order chi connectivity index (χ1) is 9.01. The molecule has 0 aromatic heterocycles. The monoisotopic (exact) mass is 303 g/mol. The fourth-order valence-electron chi connectivity index (χ4n) is 2.15. The number of halogens is 2. The van der Waals surface area contributed by atoms with Gasteiger partial charge in [-0.2, -0.15) is 0 Å². The summed E-state index contributed by atoms with van der Waals surface area (Å²) in [6.45, 7) is 1.45. The standard InChI is InChI=1S/C12H15Cl2N3O2/c1-19-12(18)16-7-2-3-17(6-7)11-5-9(14)8(13)4-10(11)15/h4-5,7H,2-3,6,15H2,1H3,(H,16,18). The predicted octanol–water partition coefficient (Wildman–Crippen LogP) is 2.51. The molecule has 1 aromatic rings. The Balaban J connectivity index is 2.08. The zero-order valence-electron chi connectivity index (χ0n) is 10.5. The van der Waals surface area contributed by atoms with E-state index in [2.05, 4.69) is 15.0 Å². The van der Waals surface area contributed by atoms with Crippen LogP contribution in [0.5, 0.6) is 0 Å². The number of ether oxygens (including phenoxy) is 1. The molecule has 19 heavy (non-hydrogen) atoms. The normalized spacial score (nSPS) is 18.5. The van der Waals surface area contributed by atoms with Crippen LogP contribution in [0.1, 0.15) is 6.42 Å². The van der Waals surface area contributed by atoms with Gasteiger partial charge in [-0.15, -0.1) is 0 Å². The van der Waals surface area contributed by atoms with Crippen molar-refractivity contribution in [3.63, 3.8) is 0 Å². The minimum atomic E-state index is -0.422. The maximum absolute atomic E-state index is 11.2. The maximum atomic E-state index is 11.2. The molecular weight excluding hydrogens is 289 g/mol. The van der Waals surface area contributed by atoms with Crippen LogP contribution in [0.3, 0.4) is 0 Å². The number of carbonyl (C=O) groups excluding carboxylic acids is 1. The summed E-state index contributed by atoms with van der Waals surface area (Å²) in [5.74, 6) is 0. The highest BCUT2D eigenvalue weighted by atomic mass is 35.5. The van der Waals surface area contributed by atoms with E-state index in [1.807, 2.05) is 0 Å². The summed E-state index contributed by atoms with van der Waals surface area (Å²) < 4.78 is 4.58. The predicted molar refractivity (Wildman–Crippen MR) is 77.0 cm³/mol. The third-order valence-corrected chi connectivity index (χ3v) is 3.83. The van der Waals surface area contributed by atoms with Crippen molar-refractivity contribution in [1.82, 2.24) is 5.32 Å². The molecule has 7 heteroatoms. The molecule has 0 radical (unpaired) electrons. The minimum Gasteiger partial charge on any atom is -0.453 e. The molecule has 1 fully saturated rings. The number of nitrogens with two attached hydrogens (primary N) is 1. The highest BCUT2D eigenvalue weighted by molar-refractivity contribution is 6.42. The molecule has 0 saturated carbocycles. The van der Waals surface area contributed by atoms with Gasteiger partial charge in [0.05, 0.1) is 34.6 Å². The van der Waals surface area contributed by atoms with Crippen LogP contribution in [0, 0.1) is 0 Å². The highest BCUT2D eigenvalue weighted by Gasteiger charge is 2.25. The zero-order chi connectivity index (χ0) is 14.0. The number of hydrogen-bond acceptors (Lipinski definition) is 4. The highest BCUT2D eigenvalue weighted by Crippen LogP contribution is 2.34. The van der Waals surface area contributed by atoms with E-state index < -0.39 is 6.09 Å². The van der Waals surface area contributed by atoms with Gasteiger partial charge >= 0.3 is 6.09 Å². The summed E-state index contributed by atoms with van der Waals surface area (Å²) in [4.78, 5) is 13.2. The number of benzene rings is 1. The van der Waals surface area contributed by atoms with E-state index >= 15 is 0 Å². The van der Waals surface area contributed by atoms with Crippen LogP contribution in [-0.4, -0.2) is 32.3 Å². The van der Waals surface area contributed by atoms with E-state index in [1.165, 1.54) is 7.11 Å². The van der Waals surface area contributed by atoms with Gasteiger partial charge in [0.1, 0.15) is 0 Å². The van der Waals surface area contributed by atoms with Crippen LogP contribution in [0.15, 0.2) is 12.1 Å². The molecule has 1 aliphatic rings. The van der Waals surface area contributed by atoms with Gasteiger partial charge in [-0.1, -0.05) is 23.2 Å². The molecule has 1 atom stereocenters. The molecule has 1 aromatic carbocycles. The Morgan fingerprint density at radius 3 is 2.84 bits per heavy atom. The van der Waals surface area contributed by atoms with Gasteiger partial charge in [0.15, 0.2) is 0 Å². The molecule has 1 amide bonds. The van der Waals surface area contributed by atoms with Crippen LogP contribution in [-0.2, 0) is 4.74 Å². The van der Waals surface area contributed by atoms with Crippen molar-refractivity contribution < 1.29 is 9.53 Å². The molecule has 1 unspecified atom stereocenters. The summed E-state index contributed by atoms with van der Waals surface area (Å²) >= 11 is 11.9. The molecule has 0 bridgehead atoms. The quantitative estimate of drug-likeness (QED) is 0.824. The molecule has 2 rings (SSSR count). The number of anilines is 2. The Morgan fingerprint density at radius 2 is 2.16 bits per heavy atom. The van der Waals surface area contributed by atoms with Crippen molar-refractivity contribution >= 4 is 40.7 Å². The van der Waals surface area contributed by atoms with E-state index in [9.17, 15) is 4.79 Å². The van der Waals surface area contributed by atoms with Gasteiger partial charge in [-0.3, -0.25) is 0 Å². The molecule has 1 aliphatic heterocycles. The smallest absolute Gasteiger partial charge is 0.407 e. The first-order valence-corrected chi connectivity index (χ1v) is 6.60. The second-order valence-corrected chi connectivity index (χ2v) is 5.21. The number of rotatable bonds is 2. The molecule has 1 heterocycles. The molecule has 1 saturated heterocycles. The summed E-state index contributed by atoms with van der Waals surface area (Å²) in [6.07, 6.45) is 0.406. The number of amides is 1. The first kappa shape index (κ1) is 14.1. The summed E-state index contributed by atoms with van der Waals surface area (Å²) in [6, 6.07) is 3.43. The first-order valence-electron chi connectivity index (χ1n) is 5.85. The summed E-state index contributed by atoms with van der Waals surface area (Å²) in [5.41, 5.74) is 7.36. The van der Waals surface area contributed by atoms with Gasteiger partial charge < -0.3 is 20.7 Å². The van der Waals surface area contributed by atoms with Crippen LogP contribution in [0.25, 0.3) is 0 Å². The Morgan fingerprint density at radius 1 is 1.47 bits per heavy atom. The van der Waals surface area contributed by atoms with Gasteiger partial charge in [-0.05, 0) is 18.6 Å². The van der Waals surface area contributed by atoms with E-state index in [0.717, 1.165) is 18.7 Å². The molecule has 0 spiro atoms. The largest absolute Gasteiger partial charge is 0.453 e. The average molecular weight is 304 g/mol. The second kappa shape index (κ2) is 5.75. The number of carbonyl (C=O) groups is 1. The van der Waals surface area contributed by atoms with Crippen LogP contribution < -0.4 is 16.0 Å². The van der Waals surface area contributed by atoms with Crippen molar-refractivity contribution in [2.45, 2.75) is 12.5 Å². The van der Waals surface area contributed by atoms with E-state index in [-0.39, 0.29) is 6.04 Å². The molecule has 104 valence electrons. The lowest BCUT2D eigenvalue weighted by atomic mass is 10.2. The van der Waals surface area contributed by atoms with E-state index in [1.54, 1.807) is 12.1 Å². The van der Waals surface area contributed by atoms with E-state index in [4.69, 9.17) is 28.9 Å². The maximum Gasteiger partial charge on any atom is 0.407 e. The SMILES string of the molecule is COC(=O)NC1CCN(c2cc(Cl)c(Cl)cc2N)C1. The molecule has 5 nitrogen and oxygen atoms in total. The summed E-state index contributed by atoms with van der Waals surface area (Å²) in [5, 5.41) is 3.68. The number of methoxy groups -OCH3 is 1. The lowest BCUT2D eigenvalue weighted by Crippen LogP contribution is -2.37. The number of nitrogens with one attached hydrogen (secondary N) is 1. The van der Waals surface area contributed by atoms with Crippen LogP contribution in [0.2, 0.25) is 10.0 Å². The average Bonchev–Trinajstić information content (AvgIpc) is 2.82. The van der Waals surface area contributed by atoms with Crippen molar-refractivity contribution in [1.29, 1.82) is 0 Å². The topological polar surface area (TPSA) is 67.6 Å². The third kappa shape index (κ3) is 3.16. The van der Waals surface area contributed by atoms with Crippen molar-refractivity contribution in [2.75, 3.05) is 30.8 Å². The molecular formula is C12H15Cl2N3O2. The Bertz CT molecular complexity index is 496. The zero-order valence-corrected chi connectivity index (χ0v) is 12.0. The number of hydrogen-bond donors (Lipinski definition) is 2. The molecule has 3 N–H and O–H groups in total. The van der Waals surface area contributed by atoms with Crippen molar-refractivity contribution in [3.05, 3.63) is 22.2 Å². The Hall–Kier alpha value is -1.33. The fourth-order valence-corrected chi connectivity index (χ4v) is 2.48. The summed E-state index contributed by atoms with van der Waals surface area (Å²) in [7, 11) is 1.35. The Kier molecular flexibility index (Phi) is 4.27. The van der Waals surface area contributed by atoms with E-state index in [0.29, 0.717) is 22.3 Å². The number of nitrogen functional groups attached to an aromatic ring is 1. The third-order valence-electron chi connectivity index (χ3n) is 3.11. The molecule has 0 aliphatic carbocycles. The van der Waals surface area contributed by atoms with Crippen LogP contribution >= 0.6 is 23.2 Å². The van der Waals surface area contributed by atoms with Gasteiger partial charge in [0.25, 0.3) is 0 Å². The van der Waals surface area contributed by atoms with Gasteiger partial charge in [0, 0.05) is 13.1 Å². The minimum absolute atomic E-state index is 0.0429. The van der Waals surface area contributed by atoms with Crippen LogP contribution in [0.4, 0.5) is 16.2 Å².